The summed E-state index contributed by atoms with van der Waals surface area (Å²) in [6.07, 6.45) is 0. The molecular weight excluding hydrogens is 348 g/mol. The Labute approximate surface area is 158 Å². The first-order chi connectivity index (χ1) is 12.7. The lowest BCUT2D eigenvalue weighted by molar-refractivity contribution is 0.227. The van der Waals surface area contributed by atoms with E-state index in [1.165, 1.54) is 5.56 Å². The summed E-state index contributed by atoms with van der Waals surface area (Å²) in [7, 11) is 0. The van der Waals surface area contributed by atoms with E-state index in [0.717, 1.165) is 42.5 Å². The van der Waals surface area contributed by atoms with Crippen LogP contribution in [0.1, 0.15) is 11.5 Å². The van der Waals surface area contributed by atoms with E-state index in [2.05, 4.69) is 33.0 Å². The molecule has 1 aliphatic heterocycles. The minimum Gasteiger partial charge on any atom is -0.419 e. The normalized spacial score (nSPS) is 15.4. The standard InChI is InChI=1S/C20H21ClN4O/c1-15-6-8-16(9-7-15)20-23-22-19(26-20)14-24-10-12-25(13-11-24)18-5-3-2-4-17(18)21/h2-9H,10-14H2,1H3. The molecule has 26 heavy (non-hydrogen) atoms. The van der Waals surface area contributed by atoms with E-state index >= 15 is 0 Å². The van der Waals surface area contributed by atoms with E-state index in [4.69, 9.17) is 16.0 Å². The Hall–Kier alpha value is -2.37. The summed E-state index contributed by atoms with van der Waals surface area (Å²) in [5.41, 5.74) is 3.27. The maximum Gasteiger partial charge on any atom is 0.247 e. The Kier molecular flexibility index (Phi) is 4.91. The highest BCUT2D eigenvalue weighted by Gasteiger charge is 2.20. The van der Waals surface area contributed by atoms with Crippen LogP contribution in [0.2, 0.25) is 5.02 Å². The Morgan fingerprint density at radius 1 is 0.962 bits per heavy atom. The Bertz CT molecular complexity index is 870. The van der Waals surface area contributed by atoms with Crippen LogP contribution in [-0.4, -0.2) is 41.3 Å². The third-order valence-electron chi connectivity index (χ3n) is 4.69. The molecule has 2 aromatic carbocycles. The van der Waals surface area contributed by atoms with Gasteiger partial charge in [-0.3, -0.25) is 4.90 Å². The van der Waals surface area contributed by atoms with Crippen LogP contribution < -0.4 is 4.90 Å². The van der Waals surface area contributed by atoms with Gasteiger partial charge in [-0.1, -0.05) is 41.4 Å². The van der Waals surface area contributed by atoms with Gasteiger partial charge in [-0.15, -0.1) is 10.2 Å². The van der Waals surface area contributed by atoms with E-state index in [9.17, 15) is 0 Å². The van der Waals surface area contributed by atoms with Crippen LogP contribution >= 0.6 is 11.6 Å². The topological polar surface area (TPSA) is 45.4 Å². The monoisotopic (exact) mass is 368 g/mol. The van der Waals surface area contributed by atoms with E-state index in [-0.39, 0.29) is 0 Å². The van der Waals surface area contributed by atoms with E-state index in [1.807, 2.05) is 42.5 Å². The van der Waals surface area contributed by atoms with Crippen molar-refractivity contribution in [2.75, 3.05) is 31.1 Å². The number of aromatic nitrogens is 2. The number of hydrogen-bond acceptors (Lipinski definition) is 5. The minimum absolute atomic E-state index is 0.578. The van der Waals surface area contributed by atoms with Gasteiger partial charge in [-0.25, -0.2) is 0 Å². The highest BCUT2D eigenvalue weighted by molar-refractivity contribution is 6.33. The van der Waals surface area contributed by atoms with Crippen LogP contribution in [-0.2, 0) is 6.54 Å². The molecule has 0 spiro atoms. The second-order valence-electron chi connectivity index (χ2n) is 6.58. The molecule has 0 saturated carbocycles. The minimum atomic E-state index is 0.578. The largest absolute Gasteiger partial charge is 0.419 e. The summed E-state index contributed by atoms with van der Waals surface area (Å²) in [5, 5.41) is 9.20. The van der Waals surface area contributed by atoms with Crippen LogP contribution in [0.5, 0.6) is 0 Å². The van der Waals surface area contributed by atoms with Gasteiger partial charge in [0.05, 0.1) is 17.3 Å². The lowest BCUT2D eigenvalue weighted by atomic mass is 10.1. The van der Waals surface area contributed by atoms with Crippen molar-refractivity contribution in [1.29, 1.82) is 0 Å². The summed E-state index contributed by atoms with van der Waals surface area (Å²) >= 11 is 6.31. The zero-order valence-corrected chi connectivity index (χ0v) is 15.5. The molecule has 0 N–H and O–H groups in total. The number of piperazine rings is 1. The van der Waals surface area contributed by atoms with Gasteiger partial charge >= 0.3 is 0 Å². The number of benzene rings is 2. The van der Waals surface area contributed by atoms with E-state index in [0.29, 0.717) is 18.3 Å². The fourth-order valence-electron chi connectivity index (χ4n) is 3.18. The molecule has 6 heteroatoms. The average Bonchev–Trinajstić information content (AvgIpc) is 3.12. The van der Waals surface area contributed by atoms with Gasteiger partial charge in [-0.2, -0.15) is 0 Å². The third kappa shape index (κ3) is 3.74. The lowest BCUT2D eigenvalue weighted by Crippen LogP contribution is -2.46. The molecule has 0 bridgehead atoms. The summed E-state index contributed by atoms with van der Waals surface area (Å²) in [6.45, 7) is 6.48. The molecule has 1 fully saturated rings. The Morgan fingerprint density at radius 3 is 2.42 bits per heavy atom. The quantitative estimate of drug-likeness (QED) is 0.696. The summed E-state index contributed by atoms with van der Waals surface area (Å²) < 4.78 is 5.84. The van der Waals surface area contributed by atoms with Crippen LogP contribution in [0.15, 0.2) is 52.9 Å². The number of para-hydroxylation sites is 1. The molecule has 1 saturated heterocycles. The maximum absolute atomic E-state index is 6.31. The molecule has 0 aliphatic carbocycles. The molecule has 0 radical (unpaired) electrons. The fourth-order valence-corrected chi connectivity index (χ4v) is 3.43. The fraction of sp³-hybridized carbons (Fsp3) is 0.300. The van der Waals surface area contributed by atoms with Crippen molar-refractivity contribution in [3.05, 3.63) is 65.0 Å². The van der Waals surface area contributed by atoms with Gasteiger partial charge in [0.15, 0.2) is 0 Å². The Morgan fingerprint density at radius 2 is 1.69 bits per heavy atom. The van der Waals surface area contributed by atoms with Crippen molar-refractivity contribution in [3.63, 3.8) is 0 Å². The molecule has 134 valence electrons. The lowest BCUT2D eigenvalue weighted by Gasteiger charge is -2.35. The number of anilines is 1. The van der Waals surface area contributed by atoms with Gasteiger partial charge in [0.1, 0.15) is 0 Å². The number of halogens is 1. The molecule has 3 aromatic rings. The summed E-state index contributed by atoms with van der Waals surface area (Å²) in [4.78, 5) is 4.66. The van der Waals surface area contributed by atoms with Crippen molar-refractivity contribution in [3.8, 4) is 11.5 Å². The predicted molar refractivity (Wildman–Crippen MR) is 103 cm³/mol. The van der Waals surface area contributed by atoms with Crippen molar-refractivity contribution in [2.24, 2.45) is 0 Å². The van der Waals surface area contributed by atoms with Crippen LogP contribution in [0.25, 0.3) is 11.5 Å². The van der Waals surface area contributed by atoms with Crippen LogP contribution in [0, 0.1) is 6.92 Å². The highest BCUT2D eigenvalue weighted by Crippen LogP contribution is 2.26. The molecule has 1 aliphatic rings. The SMILES string of the molecule is Cc1ccc(-c2nnc(CN3CCN(c4ccccc4Cl)CC3)o2)cc1. The maximum atomic E-state index is 6.31. The second kappa shape index (κ2) is 7.48. The third-order valence-corrected chi connectivity index (χ3v) is 5.01. The van der Waals surface area contributed by atoms with Crippen molar-refractivity contribution in [1.82, 2.24) is 15.1 Å². The highest BCUT2D eigenvalue weighted by atomic mass is 35.5. The van der Waals surface area contributed by atoms with Gasteiger partial charge in [-0.05, 0) is 31.2 Å². The van der Waals surface area contributed by atoms with Gasteiger partial charge < -0.3 is 9.32 Å². The first-order valence-corrected chi connectivity index (χ1v) is 9.18. The van der Waals surface area contributed by atoms with E-state index < -0.39 is 0 Å². The van der Waals surface area contributed by atoms with Crippen LogP contribution in [0.4, 0.5) is 5.69 Å². The average molecular weight is 369 g/mol. The number of aryl methyl sites for hydroxylation is 1. The van der Waals surface area contributed by atoms with Gasteiger partial charge in [0, 0.05) is 31.7 Å². The summed E-state index contributed by atoms with van der Waals surface area (Å²) in [6, 6.07) is 16.1. The molecule has 4 rings (SSSR count). The predicted octanol–water partition coefficient (Wildman–Crippen LogP) is 4.02. The molecule has 2 heterocycles. The number of rotatable bonds is 4. The summed E-state index contributed by atoms with van der Waals surface area (Å²) in [5.74, 6) is 1.24. The number of nitrogens with zero attached hydrogens (tertiary/aromatic N) is 4. The van der Waals surface area contributed by atoms with Crippen molar-refractivity contribution >= 4 is 17.3 Å². The molecule has 0 unspecified atom stereocenters. The smallest absolute Gasteiger partial charge is 0.247 e. The zero-order valence-electron chi connectivity index (χ0n) is 14.7. The first kappa shape index (κ1) is 17.1. The Balaban J connectivity index is 1.36. The molecule has 1 aromatic heterocycles. The first-order valence-electron chi connectivity index (χ1n) is 8.80. The molecule has 0 amide bonds. The van der Waals surface area contributed by atoms with Crippen LogP contribution in [0.3, 0.4) is 0 Å². The van der Waals surface area contributed by atoms with E-state index in [1.54, 1.807) is 0 Å². The molecular formula is C20H21ClN4O. The molecule has 5 nitrogen and oxygen atoms in total. The number of hydrogen-bond donors (Lipinski definition) is 0. The zero-order chi connectivity index (χ0) is 17.9. The van der Waals surface area contributed by atoms with Crippen molar-refractivity contribution < 1.29 is 4.42 Å². The van der Waals surface area contributed by atoms with Gasteiger partial charge in [0.25, 0.3) is 0 Å². The van der Waals surface area contributed by atoms with Gasteiger partial charge in [0.2, 0.25) is 11.8 Å². The molecule has 0 atom stereocenters. The van der Waals surface area contributed by atoms with Crippen molar-refractivity contribution in [2.45, 2.75) is 13.5 Å². The second-order valence-corrected chi connectivity index (χ2v) is 6.99.